The number of carbonyl (C=O) groups excluding carboxylic acids is 1. The highest BCUT2D eigenvalue weighted by Crippen LogP contribution is 2.21. The monoisotopic (exact) mass is 545 g/mol. The summed E-state index contributed by atoms with van der Waals surface area (Å²) in [5, 5.41) is 9.21. The molecule has 0 aliphatic heterocycles. The first-order valence-corrected chi connectivity index (χ1v) is 12.0. The number of rotatable bonds is 16. The Balaban J connectivity index is 1.89. The molecule has 0 heterocycles. The van der Waals surface area contributed by atoms with Crippen molar-refractivity contribution >= 4 is 12.1 Å². The summed E-state index contributed by atoms with van der Waals surface area (Å²) in [7, 11) is 0. The predicted molar refractivity (Wildman–Crippen MR) is 129 cm³/mol. The highest BCUT2D eigenvalue weighted by molar-refractivity contribution is 5.72. The molecule has 1 unspecified atom stereocenters. The Labute approximate surface area is 218 Å². The number of alkyl halides is 3. The number of carboxylic acid groups (broad SMARTS) is 1. The quantitative estimate of drug-likeness (QED) is 0.232. The highest BCUT2D eigenvalue weighted by atomic mass is 19.4. The zero-order valence-corrected chi connectivity index (χ0v) is 20.9. The minimum Gasteiger partial charge on any atom is -0.492 e. The first kappa shape index (κ1) is 30.8. The number of hydrogen-bond acceptors (Lipinski definition) is 6. The Bertz CT molecular complexity index is 985. The molecule has 12 heteroatoms. The van der Waals surface area contributed by atoms with Crippen LogP contribution in [0.15, 0.2) is 48.5 Å². The lowest BCUT2D eigenvalue weighted by Gasteiger charge is -2.22. The van der Waals surface area contributed by atoms with Crippen molar-refractivity contribution in [3.63, 3.8) is 0 Å². The van der Waals surface area contributed by atoms with E-state index in [1.165, 1.54) is 17.0 Å². The van der Waals surface area contributed by atoms with E-state index in [0.29, 0.717) is 5.75 Å². The molecule has 0 aromatic heterocycles. The number of benzene rings is 2. The smallest absolute Gasteiger partial charge is 0.415 e. The molecule has 0 saturated carbocycles. The van der Waals surface area contributed by atoms with E-state index < -0.39 is 36.6 Å². The molecular formula is C26H31F4NO7. The minimum absolute atomic E-state index is 0.0182. The van der Waals surface area contributed by atoms with E-state index in [9.17, 15) is 32.3 Å². The third kappa shape index (κ3) is 12.2. The molecule has 8 nitrogen and oxygen atoms in total. The summed E-state index contributed by atoms with van der Waals surface area (Å²) in [4.78, 5) is 25.2. The van der Waals surface area contributed by atoms with Crippen LogP contribution < -0.4 is 9.47 Å². The number of carbonyl (C=O) groups is 2. The van der Waals surface area contributed by atoms with Gasteiger partial charge in [0.1, 0.15) is 23.9 Å². The molecule has 0 bridgehead atoms. The zero-order valence-electron chi connectivity index (χ0n) is 20.9. The van der Waals surface area contributed by atoms with Gasteiger partial charge in [-0.15, -0.1) is 0 Å². The average Bonchev–Trinajstić information content (AvgIpc) is 2.86. The van der Waals surface area contributed by atoms with Crippen LogP contribution >= 0.6 is 0 Å². The van der Waals surface area contributed by atoms with Crippen LogP contribution in [0.3, 0.4) is 0 Å². The van der Waals surface area contributed by atoms with Crippen LogP contribution in [0.25, 0.3) is 0 Å². The van der Waals surface area contributed by atoms with Crippen molar-refractivity contribution in [3.8, 4) is 11.5 Å². The van der Waals surface area contributed by atoms with E-state index in [4.69, 9.17) is 18.9 Å². The molecule has 2 aromatic carbocycles. The molecule has 210 valence electrons. The van der Waals surface area contributed by atoms with Gasteiger partial charge in [0.2, 0.25) is 0 Å². The first-order chi connectivity index (χ1) is 18.1. The highest BCUT2D eigenvalue weighted by Gasteiger charge is 2.26. The van der Waals surface area contributed by atoms with E-state index in [1.807, 2.05) is 0 Å². The maximum Gasteiger partial charge on any atom is 0.415 e. The minimum atomic E-state index is -4.26. The molecule has 0 radical (unpaired) electrons. The van der Waals surface area contributed by atoms with Gasteiger partial charge in [-0.05, 0) is 55.3 Å². The Morgan fingerprint density at radius 3 is 2.18 bits per heavy atom. The Kier molecular flexibility index (Phi) is 12.8. The second kappa shape index (κ2) is 15.8. The van der Waals surface area contributed by atoms with Gasteiger partial charge >= 0.3 is 18.2 Å². The number of halogens is 4. The van der Waals surface area contributed by atoms with Crippen LogP contribution in [-0.2, 0) is 20.7 Å². The molecule has 0 aliphatic rings. The van der Waals surface area contributed by atoms with Crippen molar-refractivity contribution in [3.05, 3.63) is 59.9 Å². The number of nitrogens with zero attached hydrogens (tertiary/aromatic N) is 1. The lowest BCUT2D eigenvalue weighted by Crippen LogP contribution is -2.39. The molecule has 0 saturated heterocycles. The van der Waals surface area contributed by atoms with Crippen molar-refractivity contribution in [1.29, 1.82) is 0 Å². The Hall–Kier alpha value is -3.38. The second-order valence-corrected chi connectivity index (χ2v) is 8.12. The molecule has 1 atom stereocenters. The van der Waals surface area contributed by atoms with Gasteiger partial charge in [-0.1, -0.05) is 12.1 Å². The van der Waals surface area contributed by atoms with Crippen LogP contribution in [0.5, 0.6) is 11.5 Å². The van der Waals surface area contributed by atoms with Crippen LogP contribution in [0.1, 0.15) is 25.3 Å². The fourth-order valence-corrected chi connectivity index (χ4v) is 3.24. The van der Waals surface area contributed by atoms with Crippen LogP contribution in [0.2, 0.25) is 0 Å². The molecule has 0 aliphatic carbocycles. The summed E-state index contributed by atoms with van der Waals surface area (Å²) >= 11 is 0. The Morgan fingerprint density at radius 1 is 0.947 bits per heavy atom. The van der Waals surface area contributed by atoms with Gasteiger partial charge in [-0.25, -0.2) is 14.0 Å². The van der Waals surface area contributed by atoms with Gasteiger partial charge in [-0.3, -0.25) is 0 Å². The number of aliphatic carboxylic acids is 1. The van der Waals surface area contributed by atoms with Gasteiger partial charge in [-0.2, -0.15) is 13.2 Å². The zero-order chi connectivity index (χ0) is 28.0. The average molecular weight is 546 g/mol. The topological polar surface area (TPSA) is 94.5 Å². The normalized spacial score (nSPS) is 12.1. The lowest BCUT2D eigenvalue weighted by molar-refractivity contribution is -0.150. The van der Waals surface area contributed by atoms with Crippen molar-refractivity contribution in [2.45, 2.75) is 38.5 Å². The van der Waals surface area contributed by atoms with Gasteiger partial charge < -0.3 is 29.0 Å². The third-order valence-electron chi connectivity index (χ3n) is 5.15. The predicted octanol–water partition coefficient (Wildman–Crippen LogP) is 5.10. The number of carboxylic acids is 1. The van der Waals surface area contributed by atoms with Crippen LogP contribution in [0.4, 0.5) is 22.4 Å². The summed E-state index contributed by atoms with van der Waals surface area (Å²) in [6.07, 6.45) is -6.94. The molecule has 38 heavy (non-hydrogen) atoms. The SMILES string of the molecule is CCOC(Cc1ccc(OCCN(CCOCCCC(F)(F)F)C(=O)Oc2ccc(F)cc2)cc1)C(=O)O. The summed E-state index contributed by atoms with van der Waals surface area (Å²) in [6.45, 7) is 2.01. The third-order valence-corrected chi connectivity index (χ3v) is 5.15. The molecule has 2 aromatic rings. The van der Waals surface area contributed by atoms with E-state index in [1.54, 1.807) is 31.2 Å². The summed E-state index contributed by atoms with van der Waals surface area (Å²) < 4.78 is 71.3. The first-order valence-electron chi connectivity index (χ1n) is 12.0. The maximum absolute atomic E-state index is 13.1. The molecule has 0 spiro atoms. The van der Waals surface area contributed by atoms with E-state index in [2.05, 4.69) is 0 Å². The van der Waals surface area contributed by atoms with Gasteiger partial charge in [0.15, 0.2) is 6.10 Å². The second-order valence-electron chi connectivity index (χ2n) is 8.12. The van der Waals surface area contributed by atoms with Crippen molar-refractivity contribution in [1.82, 2.24) is 4.90 Å². The molecule has 1 N–H and O–H groups in total. The fourth-order valence-electron chi connectivity index (χ4n) is 3.24. The lowest BCUT2D eigenvalue weighted by atomic mass is 10.1. The number of amides is 1. The number of ether oxygens (including phenoxy) is 4. The summed E-state index contributed by atoms with van der Waals surface area (Å²) in [6, 6.07) is 11.6. The van der Waals surface area contributed by atoms with Crippen molar-refractivity contribution in [2.24, 2.45) is 0 Å². The Morgan fingerprint density at radius 2 is 1.58 bits per heavy atom. The largest absolute Gasteiger partial charge is 0.492 e. The van der Waals surface area contributed by atoms with Gasteiger partial charge in [0, 0.05) is 32.6 Å². The molecular weight excluding hydrogens is 514 g/mol. The fraction of sp³-hybridized carbons (Fsp3) is 0.462. The van der Waals surface area contributed by atoms with Crippen LogP contribution in [0, 0.1) is 5.82 Å². The van der Waals surface area contributed by atoms with E-state index in [-0.39, 0.29) is 58.1 Å². The molecule has 1 amide bonds. The molecule has 0 fully saturated rings. The molecule has 2 rings (SSSR count). The standard InChI is InChI=1S/C26H31F4NO7/c1-2-36-23(24(32)33)18-19-4-8-21(9-5-19)37-17-14-31(13-16-35-15-3-12-26(28,29)30)25(34)38-22-10-6-20(27)7-11-22/h4-11,23H,2-3,12-18H2,1H3,(H,32,33). The van der Waals surface area contributed by atoms with Crippen LogP contribution in [-0.4, -0.2) is 73.9 Å². The summed E-state index contributed by atoms with van der Waals surface area (Å²) in [5.41, 5.74) is 0.741. The maximum atomic E-state index is 13.1. The number of hydrogen-bond donors (Lipinski definition) is 1. The van der Waals surface area contributed by atoms with E-state index >= 15 is 0 Å². The summed E-state index contributed by atoms with van der Waals surface area (Å²) in [5.74, 6) is -0.947. The van der Waals surface area contributed by atoms with Gasteiger partial charge in [0.05, 0.1) is 13.2 Å². The van der Waals surface area contributed by atoms with Gasteiger partial charge in [0.25, 0.3) is 0 Å². The van der Waals surface area contributed by atoms with Crippen molar-refractivity contribution < 1.29 is 51.2 Å². The van der Waals surface area contributed by atoms with Crippen molar-refractivity contribution in [2.75, 3.05) is 39.5 Å². The van der Waals surface area contributed by atoms with E-state index in [0.717, 1.165) is 17.7 Å².